The van der Waals surface area contributed by atoms with E-state index in [0.717, 1.165) is 5.75 Å². The second kappa shape index (κ2) is 7.36. The van der Waals surface area contributed by atoms with Crippen molar-refractivity contribution in [3.05, 3.63) is 29.8 Å². The number of aliphatic hydroxyl groups excluding tert-OH is 2. The van der Waals surface area contributed by atoms with Crippen LogP contribution in [0.15, 0.2) is 24.3 Å². The van der Waals surface area contributed by atoms with Gasteiger partial charge >= 0.3 is 0 Å². The van der Waals surface area contributed by atoms with Gasteiger partial charge in [0.15, 0.2) is 0 Å². The second-order valence-electron chi connectivity index (χ2n) is 4.75. The van der Waals surface area contributed by atoms with Gasteiger partial charge in [0.1, 0.15) is 18.5 Å². The minimum atomic E-state index is -0.565. The average molecular weight is 253 g/mol. The summed E-state index contributed by atoms with van der Waals surface area (Å²) in [5.41, 5.74) is 1.18. The van der Waals surface area contributed by atoms with Crippen LogP contribution in [0, 0.1) is 6.92 Å². The van der Waals surface area contributed by atoms with Crippen molar-refractivity contribution in [3.63, 3.8) is 0 Å². The molecule has 102 valence electrons. The summed E-state index contributed by atoms with van der Waals surface area (Å²) in [5, 5.41) is 18.8. The van der Waals surface area contributed by atoms with Gasteiger partial charge in [-0.1, -0.05) is 17.7 Å². The number of hydrogen-bond donors (Lipinski definition) is 2. The third kappa shape index (κ3) is 5.04. The molecular formula is C14H23NO3. The zero-order chi connectivity index (χ0) is 13.5. The SMILES string of the molecule is Cc1ccc(OCC(O)CN(C)C(C)CO)cc1. The molecule has 2 N–H and O–H groups in total. The smallest absolute Gasteiger partial charge is 0.119 e. The number of ether oxygens (including phenoxy) is 1. The third-order valence-corrected chi connectivity index (χ3v) is 2.98. The van der Waals surface area contributed by atoms with Crippen LogP contribution in [0.2, 0.25) is 0 Å². The molecule has 0 fully saturated rings. The van der Waals surface area contributed by atoms with Crippen LogP contribution in [0.1, 0.15) is 12.5 Å². The first-order chi connectivity index (χ1) is 8.52. The maximum absolute atomic E-state index is 9.83. The molecule has 0 amide bonds. The van der Waals surface area contributed by atoms with Crippen molar-refractivity contribution in [2.45, 2.75) is 26.0 Å². The first-order valence-corrected chi connectivity index (χ1v) is 6.21. The van der Waals surface area contributed by atoms with Crippen molar-refractivity contribution in [2.24, 2.45) is 0 Å². The van der Waals surface area contributed by atoms with Gasteiger partial charge in [-0.15, -0.1) is 0 Å². The fourth-order valence-corrected chi connectivity index (χ4v) is 1.53. The van der Waals surface area contributed by atoms with Gasteiger partial charge in [0.2, 0.25) is 0 Å². The van der Waals surface area contributed by atoms with E-state index >= 15 is 0 Å². The van der Waals surface area contributed by atoms with Crippen molar-refractivity contribution in [2.75, 3.05) is 26.8 Å². The summed E-state index contributed by atoms with van der Waals surface area (Å²) in [6, 6.07) is 7.77. The Labute approximate surface area is 109 Å². The molecule has 0 aromatic heterocycles. The van der Waals surface area contributed by atoms with Crippen molar-refractivity contribution in [1.82, 2.24) is 4.90 Å². The Kier molecular flexibility index (Phi) is 6.12. The molecule has 0 spiro atoms. The molecule has 2 unspecified atom stereocenters. The van der Waals surface area contributed by atoms with Gasteiger partial charge in [-0.2, -0.15) is 0 Å². The normalized spacial score (nSPS) is 14.6. The Morgan fingerprint density at radius 2 is 1.89 bits per heavy atom. The molecule has 0 saturated heterocycles. The summed E-state index contributed by atoms with van der Waals surface area (Å²) in [4.78, 5) is 1.91. The maximum Gasteiger partial charge on any atom is 0.119 e. The van der Waals surface area contributed by atoms with Crippen LogP contribution in [0.5, 0.6) is 5.75 Å². The van der Waals surface area contributed by atoms with Gasteiger partial charge in [-0.3, -0.25) is 4.90 Å². The summed E-state index contributed by atoms with van der Waals surface area (Å²) in [5.74, 6) is 0.762. The van der Waals surface area contributed by atoms with Crippen LogP contribution in [0.3, 0.4) is 0 Å². The van der Waals surface area contributed by atoms with Crippen LogP contribution in [0.4, 0.5) is 0 Å². The van der Waals surface area contributed by atoms with E-state index < -0.39 is 6.10 Å². The van der Waals surface area contributed by atoms with Crippen LogP contribution in [-0.2, 0) is 0 Å². The first kappa shape index (κ1) is 15.0. The fraction of sp³-hybridized carbons (Fsp3) is 0.571. The van der Waals surface area contributed by atoms with E-state index in [-0.39, 0.29) is 19.3 Å². The quantitative estimate of drug-likeness (QED) is 0.762. The average Bonchev–Trinajstić information content (AvgIpc) is 2.37. The zero-order valence-corrected chi connectivity index (χ0v) is 11.3. The second-order valence-corrected chi connectivity index (χ2v) is 4.75. The highest BCUT2D eigenvalue weighted by Gasteiger charge is 2.13. The number of benzene rings is 1. The minimum Gasteiger partial charge on any atom is -0.491 e. The largest absolute Gasteiger partial charge is 0.491 e. The number of aliphatic hydroxyl groups is 2. The van der Waals surface area contributed by atoms with Crippen LogP contribution in [-0.4, -0.2) is 54.1 Å². The van der Waals surface area contributed by atoms with Crippen molar-refractivity contribution in [3.8, 4) is 5.75 Å². The summed E-state index contributed by atoms with van der Waals surface area (Å²) < 4.78 is 5.50. The number of likely N-dealkylation sites (N-methyl/N-ethyl adjacent to an activating group) is 1. The van der Waals surface area contributed by atoms with E-state index in [2.05, 4.69) is 0 Å². The Morgan fingerprint density at radius 1 is 1.28 bits per heavy atom. The van der Waals surface area contributed by atoms with Crippen LogP contribution >= 0.6 is 0 Å². The Hall–Kier alpha value is -1.10. The lowest BCUT2D eigenvalue weighted by molar-refractivity contribution is 0.0543. The number of nitrogens with zero attached hydrogens (tertiary/aromatic N) is 1. The lowest BCUT2D eigenvalue weighted by Crippen LogP contribution is -2.39. The molecule has 0 aliphatic rings. The Balaban J connectivity index is 2.32. The molecule has 4 nitrogen and oxygen atoms in total. The molecule has 1 rings (SSSR count). The molecule has 0 bridgehead atoms. The van der Waals surface area contributed by atoms with E-state index in [0.29, 0.717) is 6.54 Å². The van der Waals surface area contributed by atoms with Gasteiger partial charge in [-0.05, 0) is 33.0 Å². The highest BCUT2D eigenvalue weighted by atomic mass is 16.5. The van der Waals surface area contributed by atoms with Gasteiger partial charge in [0, 0.05) is 12.6 Å². The zero-order valence-electron chi connectivity index (χ0n) is 11.3. The highest BCUT2D eigenvalue weighted by Crippen LogP contribution is 2.11. The van der Waals surface area contributed by atoms with Crippen molar-refractivity contribution >= 4 is 0 Å². The Morgan fingerprint density at radius 3 is 2.44 bits per heavy atom. The molecule has 0 aliphatic heterocycles. The van der Waals surface area contributed by atoms with Gasteiger partial charge in [0.05, 0.1) is 6.61 Å². The molecule has 1 aromatic rings. The van der Waals surface area contributed by atoms with Crippen LogP contribution in [0.25, 0.3) is 0 Å². The molecule has 0 saturated carbocycles. The van der Waals surface area contributed by atoms with Crippen molar-refractivity contribution in [1.29, 1.82) is 0 Å². The summed E-state index contributed by atoms with van der Waals surface area (Å²) in [6.07, 6.45) is -0.565. The van der Waals surface area contributed by atoms with E-state index in [9.17, 15) is 5.11 Å². The number of hydrogen-bond acceptors (Lipinski definition) is 4. The maximum atomic E-state index is 9.83. The van der Waals surface area contributed by atoms with E-state index in [4.69, 9.17) is 9.84 Å². The topological polar surface area (TPSA) is 52.9 Å². The first-order valence-electron chi connectivity index (χ1n) is 6.21. The van der Waals surface area contributed by atoms with E-state index in [1.807, 2.05) is 50.1 Å². The molecule has 18 heavy (non-hydrogen) atoms. The van der Waals surface area contributed by atoms with Gasteiger partial charge in [0.25, 0.3) is 0 Å². The lowest BCUT2D eigenvalue weighted by atomic mass is 10.2. The molecule has 2 atom stereocenters. The standard InChI is InChI=1S/C14H23NO3/c1-11-4-6-14(7-5-11)18-10-13(17)8-15(3)12(2)9-16/h4-7,12-13,16-17H,8-10H2,1-3H3. The molecular weight excluding hydrogens is 230 g/mol. The number of aryl methyl sites for hydroxylation is 1. The molecule has 1 aromatic carbocycles. The predicted molar refractivity (Wildman–Crippen MR) is 71.9 cm³/mol. The van der Waals surface area contributed by atoms with Crippen LogP contribution < -0.4 is 4.74 Å². The lowest BCUT2D eigenvalue weighted by Gasteiger charge is -2.25. The molecule has 0 aliphatic carbocycles. The molecule has 4 heteroatoms. The number of rotatable bonds is 7. The predicted octanol–water partition coefficient (Wildman–Crippen LogP) is 1.05. The third-order valence-electron chi connectivity index (χ3n) is 2.98. The van der Waals surface area contributed by atoms with E-state index in [1.165, 1.54) is 5.56 Å². The monoisotopic (exact) mass is 253 g/mol. The molecule has 0 radical (unpaired) electrons. The Bertz CT molecular complexity index is 339. The van der Waals surface area contributed by atoms with E-state index in [1.54, 1.807) is 0 Å². The highest BCUT2D eigenvalue weighted by molar-refractivity contribution is 5.26. The van der Waals surface area contributed by atoms with Gasteiger partial charge in [-0.25, -0.2) is 0 Å². The fourth-order valence-electron chi connectivity index (χ4n) is 1.53. The summed E-state index contributed by atoms with van der Waals surface area (Å²) >= 11 is 0. The minimum absolute atomic E-state index is 0.0408. The van der Waals surface area contributed by atoms with Gasteiger partial charge < -0.3 is 14.9 Å². The summed E-state index contributed by atoms with van der Waals surface area (Å²) in [6.45, 7) is 4.75. The van der Waals surface area contributed by atoms with Crippen molar-refractivity contribution < 1.29 is 14.9 Å². The summed E-state index contributed by atoms with van der Waals surface area (Å²) in [7, 11) is 1.87. The molecule has 0 heterocycles.